The molecule has 4 heteroatoms. The highest BCUT2D eigenvalue weighted by Crippen LogP contribution is 2.44. The number of benzene rings is 6. The van der Waals surface area contributed by atoms with E-state index in [1.54, 1.807) is 18.3 Å². The highest BCUT2D eigenvalue weighted by molar-refractivity contribution is 5.97. The van der Waals surface area contributed by atoms with Crippen LogP contribution in [0.1, 0.15) is 110 Å². The number of hydrogen-bond donors (Lipinski definition) is 1. The molecule has 0 amide bonds. The fourth-order valence-electron chi connectivity index (χ4n) is 8.06. The minimum Gasteiger partial charge on any atom is -0.507 e. The van der Waals surface area contributed by atoms with Gasteiger partial charge in [0.1, 0.15) is 11.6 Å². The molecular weight excluding hydrogens is 731 g/mol. The van der Waals surface area contributed by atoms with Crippen LogP contribution >= 0.6 is 0 Å². The number of para-hydroxylation sites is 1. The summed E-state index contributed by atoms with van der Waals surface area (Å²) in [5, 5.41) is 12.2. The Hall–Kier alpha value is -6.26. The molecule has 2 aromatic heterocycles. The molecule has 8 aromatic rings. The molecule has 1 N–H and O–H groups in total. The van der Waals surface area contributed by atoms with E-state index in [9.17, 15) is 5.11 Å². The molecule has 0 saturated carbocycles. The van der Waals surface area contributed by atoms with Crippen LogP contribution in [-0.2, 0) is 10.8 Å². The van der Waals surface area contributed by atoms with E-state index in [0.717, 1.165) is 61.2 Å². The summed E-state index contributed by atoms with van der Waals surface area (Å²) in [6, 6.07) is 35.8. The summed E-state index contributed by atoms with van der Waals surface area (Å²) in [5.74, 6) is 1.15. The van der Waals surface area contributed by atoms with E-state index in [-0.39, 0.29) is 58.1 Å². The molecule has 0 radical (unpaired) electrons. The normalized spacial score (nSPS) is 13.4. The minimum atomic E-state index is -0.428. The average Bonchev–Trinajstić information content (AvgIpc) is 3.66. The maximum atomic E-state index is 12.2. The first kappa shape index (κ1) is 34.6. The van der Waals surface area contributed by atoms with E-state index in [4.69, 9.17) is 16.8 Å². The number of aromatic hydroxyl groups is 1. The number of rotatable bonds is 8. The molecule has 0 spiro atoms. The number of hydrogen-bond acceptors (Lipinski definition) is 3. The number of phenolic OH excluding ortho intramolecular Hbond substituents is 1. The second-order valence-electron chi connectivity index (χ2n) is 18.6. The zero-order valence-electron chi connectivity index (χ0n) is 41.4. The molecule has 4 nitrogen and oxygen atoms in total. The first-order valence-corrected chi connectivity index (χ1v) is 20.9. The number of nitrogens with zero attached hydrogens (tertiary/aromatic N) is 3. The third-order valence-corrected chi connectivity index (χ3v) is 11.5. The zero-order chi connectivity index (χ0) is 46.9. The van der Waals surface area contributed by atoms with Crippen LogP contribution in [-0.4, -0.2) is 19.6 Å². The lowest BCUT2D eigenvalue weighted by Gasteiger charge is -2.25. The maximum Gasteiger partial charge on any atom is 0.149 e. The van der Waals surface area contributed by atoms with Gasteiger partial charge in [0.25, 0.3) is 0 Å². The highest BCUT2D eigenvalue weighted by atomic mass is 16.3. The molecule has 0 fully saturated rings. The van der Waals surface area contributed by atoms with Crippen LogP contribution in [0.5, 0.6) is 5.75 Å². The quantitative estimate of drug-likeness (QED) is 0.167. The second kappa shape index (κ2) is 15.7. The van der Waals surface area contributed by atoms with E-state index in [1.165, 1.54) is 5.56 Å². The topological polar surface area (TPSA) is 50.9 Å². The largest absolute Gasteiger partial charge is 0.507 e. The second-order valence-corrected chi connectivity index (χ2v) is 18.6. The van der Waals surface area contributed by atoms with Gasteiger partial charge < -0.3 is 5.11 Å². The van der Waals surface area contributed by atoms with Gasteiger partial charge in [0, 0.05) is 23.0 Å². The summed E-state index contributed by atoms with van der Waals surface area (Å²) in [4.78, 5) is 10.3. The molecule has 0 unspecified atom stereocenters. The predicted molar refractivity (Wildman–Crippen MR) is 253 cm³/mol. The van der Waals surface area contributed by atoms with Gasteiger partial charge in [0.05, 0.1) is 29.1 Å². The summed E-state index contributed by atoms with van der Waals surface area (Å²) in [7, 11) is 0. The van der Waals surface area contributed by atoms with Gasteiger partial charge in [0.2, 0.25) is 0 Å². The van der Waals surface area contributed by atoms with Gasteiger partial charge >= 0.3 is 0 Å². The molecule has 0 aliphatic carbocycles. The van der Waals surface area contributed by atoms with Gasteiger partial charge in [0.15, 0.2) is 0 Å². The summed E-state index contributed by atoms with van der Waals surface area (Å²) >= 11 is 0. The lowest BCUT2D eigenvalue weighted by Crippen LogP contribution is -2.14. The number of fused-ring (bicyclic) bond motifs is 1. The molecule has 0 saturated heterocycles. The SMILES string of the molecule is [2H]c1c([2H])c([2H])c(-c2ccnc(-c3cc(-c4cccc5c4nc(-c4cc(C(C)C)cc(C(C)C)c4O)n5-c4ccc(-c5ccccc5)c(C(C)(C)C)c4)cc(C(C)(C)C)c3)c2)c([2H])c1[2H]. The van der Waals surface area contributed by atoms with Crippen molar-refractivity contribution in [2.75, 3.05) is 0 Å². The molecule has 0 aliphatic heterocycles. The van der Waals surface area contributed by atoms with Gasteiger partial charge in [-0.25, -0.2) is 4.98 Å². The van der Waals surface area contributed by atoms with E-state index in [1.807, 2.05) is 6.07 Å². The molecule has 0 bridgehead atoms. The number of imidazole rings is 1. The fraction of sp³-hybridized carbons (Fsp3) is 0.250. The Morgan fingerprint density at radius 2 is 1.33 bits per heavy atom. The van der Waals surface area contributed by atoms with Gasteiger partial charge in [-0.1, -0.05) is 160 Å². The lowest BCUT2D eigenvalue weighted by molar-refractivity contribution is 0.466. The van der Waals surface area contributed by atoms with Gasteiger partial charge in [-0.3, -0.25) is 9.55 Å². The molecular formula is C56H57N3O. The Bertz CT molecular complexity index is 3110. The first-order chi connectivity index (χ1) is 30.6. The fourth-order valence-corrected chi connectivity index (χ4v) is 8.06. The van der Waals surface area contributed by atoms with Crippen LogP contribution in [0.15, 0.2) is 146 Å². The summed E-state index contributed by atoms with van der Waals surface area (Å²) < 4.78 is 44.4. The zero-order valence-corrected chi connectivity index (χ0v) is 36.4. The molecule has 2 heterocycles. The van der Waals surface area contributed by atoms with Crippen molar-refractivity contribution in [1.29, 1.82) is 0 Å². The van der Waals surface area contributed by atoms with Crippen molar-refractivity contribution < 1.29 is 12.0 Å². The van der Waals surface area contributed by atoms with Crippen molar-refractivity contribution >= 4 is 11.0 Å². The van der Waals surface area contributed by atoms with Crippen LogP contribution in [0, 0.1) is 0 Å². The van der Waals surface area contributed by atoms with E-state index in [0.29, 0.717) is 22.6 Å². The molecule has 0 atom stereocenters. The Labute approximate surface area is 363 Å². The molecule has 6 aromatic carbocycles. The lowest BCUT2D eigenvalue weighted by atomic mass is 9.81. The van der Waals surface area contributed by atoms with Crippen molar-refractivity contribution in [2.24, 2.45) is 0 Å². The smallest absolute Gasteiger partial charge is 0.149 e. The molecule has 60 heavy (non-hydrogen) atoms. The van der Waals surface area contributed by atoms with Crippen LogP contribution < -0.4 is 0 Å². The van der Waals surface area contributed by atoms with Crippen LogP contribution in [0.25, 0.3) is 72.7 Å². The van der Waals surface area contributed by atoms with Crippen LogP contribution in [0.3, 0.4) is 0 Å². The first-order valence-electron chi connectivity index (χ1n) is 23.4. The number of pyridine rings is 1. The van der Waals surface area contributed by atoms with Crippen molar-refractivity contribution in [3.63, 3.8) is 0 Å². The molecule has 8 rings (SSSR count). The maximum absolute atomic E-state index is 12.2. The van der Waals surface area contributed by atoms with E-state index in [2.05, 4.69) is 165 Å². The summed E-state index contributed by atoms with van der Waals surface area (Å²) in [6.07, 6.45) is 1.63. The monoisotopic (exact) mass is 792 g/mol. The van der Waals surface area contributed by atoms with Gasteiger partial charge in [-0.05, 0) is 121 Å². The average molecular weight is 793 g/mol. The summed E-state index contributed by atoms with van der Waals surface area (Å²) in [5.41, 5.74) is 13.2. The van der Waals surface area contributed by atoms with Crippen molar-refractivity contribution in [2.45, 2.75) is 91.9 Å². The third-order valence-electron chi connectivity index (χ3n) is 11.5. The van der Waals surface area contributed by atoms with E-state index >= 15 is 0 Å². The highest BCUT2D eigenvalue weighted by Gasteiger charge is 2.26. The van der Waals surface area contributed by atoms with Gasteiger partial charge in [-0.15, -0.1) is 0 Å². The predicted octanol–water partition coefficient (Wildman–Crippen LogP) is 15.3. The number of phenols is 1. The molecule has 0 aliphatic rings. The Kier molecular flexibility index (Phi) is 9.07. The molecule has 302 valence electrons. The van der Waals surface area contributed by atoms with E-state index < -0.39 is 6.04 Å². The standard InChI is InChI=1S/C56H57N3O/c1-35(2)40-31-47(36(3)4)53(60)48(32-40)54-58-52-46(22-17-23-51(52)59(54)44-24-25-45(38-20-15-12-16-21-38)49(34-44)56(8,9)10)41-28-42(30-43(29-41)55(5,6)7)50-33-39(26-27-57-50)37-18-13-11-14-19-37/h11-36,60H,1-10H3/i11D,13D,14D,18D,19D. The third kappa shape index (κ3) is 7.79. The number of aromatic nitrogens is 3. The minimum absolute atomic E-state index is 0.0737. The Morgan fingerprint density at radius 3 is 2.02 bits per heavy atom. The van der Waals surface area contributed by atoms with Crippen molar-refractivity contribution in [3.8, 4) is 67.5 Å². The van der Waals surface area contributed by atoms with Crippen molar-refractivity contribution in [3.05, 3.63) is 168 Å². The van der Waals surface area contributed by atoms with Gasteiger partial charge in [-0.2, -0.15) is 0 Å². The Balaban J connectivity index is 1.41. The van der Waals surface area contributed by atoms with Crippen LogP contribution in [0.2, 0.25) is 0 Å². The van der Waals surface area contributed by atoms with Crippen LogP contribution in [0.4, 0.5) is 0 Å². The summed E-state index contributed by atoms with van der Waals surface area (Å²) in [6.45, 7) is 21.8. The van der Waals surface area contributed by atoms with Crippen molar-refractivity contribution in [1.82, 2.24) is 14.5 Å². The Morgan fingerprint density at radius 1 is 0.600 bits per heavy atom.